The number of aliphatic hydroxyl groups excluding tert-OH is 2. The van der Waals surface area contributed by atoms with Crippen LogP contribution in [0.4, 0.5) is 0 Å². The Morgan fingerprint density at radius 3 is 2.25 bits per heavy atom. The molecular weight excluding hydrogens is 212 g/mol. The van der Waals surface area contributed by atoms with Crippen LogP contribution in [0.1, 0.15) is 6.92 Å². The van der Waals surface area contributed by atoms with E-state index in [-0.39, 0.29) is 32.2 Å². The van der Waals surface area contributed by atoms with Crippen molar-refractivity contribution in [3.8, 4) is 0 Å². The van der Waals surface area contributed by atoms with Crippen LogP contribution in [-0.2, 0) is 9.59 Å². The van der Waals surface area contributed by atoms with Crippen LogP contribution in [0.2, 0.25) is 0 Å². The van der Waals surface area contributed by atoms with Crippen molar-refractivity contribution >= 4 is 11.8 Å². The average molecular weight is 230 g/mol. The molecule has 0 spiro atoms. The molecule has 0 bridgehead atoms. The fourth-order valence-electron chi connectivity index (χ4n) is 1.18. The van der Waals surface area contributed by atoms with E-state index in [1.165, 1.54) is 11.8 Å². The zero-order valence-electron chi connectivity index (χ0n) is 9.35. The lowest BCUT2D eigenvalue weighted by molar-refractivity contribution is -0.136. The van der Waals surface area contributed by atoms with Gasteiger partial charge in [-0.1, -0.05) is 6.58 Å². The highest BCUT2D eigenvalue weighted by Crippen LogP contribution is 1.95. The minimum absolute atomic E-state index is 0.133. The molecule has 6 heteroatoms. The van der Waals surface area contributed by atoms with E-state index in [1.807, 2.05) is 0 Å². The largest absolute Gasteiger partial charge is 0.395 e. The van der Waals surface area contributed by atoms with E-state index in [1.54, 1.807) is 0 Å². The molecular formula is C10H18N2O4. The summed E-state index contributed by atoms with van der Waals surface area (Å²) in [4.78, 5) is 24.0. The summed E-state index contributed by atoms with van der Waals surface area (Å²) in [6.45, 7) is 4.70. The van der Waals surface area contributed by atoms with Gasteiger partial charge in [-0.05, 0) is 13.0 Å². The monoisotopic (exact) mass is 230 g/mol. The van der Waals surface area contributed by atoms with Crippen molar-refractivity contribution in [1.29, 1.82) is 0 Å². The molecule has 0 aromatic rings. The molecule has 1 atom stereocenters. The Morgan fingerprint density at radius 2 is 1.88 bits per heavy atom. The van der Waals surface area contributed by atoms with E-state index < -0.39 is 11.9 Å². The van der Waals surface area contributed by atoms with E-state index >= 15 is 0 Å². The van der Waals surface area contributed by atoms with E-state index in [2.05, 4.69) is 11.9 Å². The Balaban J connectivity index is 4.35. The molecule has 0 saturated carbocycles. The highest BCUT2D eigenvalue weighted by atomic mass is 16.3. The van der Waals surface area contributed by atoms with Crippen LogP contribution < -0.4 is 5.32 Å². The summed E-state index contributed by atoms with van der Waals surface area (Å²) in [5.74, 6) is -0.785. The summed E-state index contributed by atoms with van der Waals surface area (Å²) in [5, 5.41) is 19.9. The van der Waals surface area contributed by atoms with Crippen LogP contribution in [0, 0.1) is 0 Å². The molecule has 2 amide bonds. The second kappa shape index (κ2) is 7.84. The second-order valence-electron chi connectivity index (χ2n) is 3.21. The number of hydrogen-bond donors (Lipinski definition) is 3. The van der Waals surface area contributed by atoms with Crippen LogP contribution in [-0.4, -0.2) is 59.3 Å². The number of amides is 2. The van der Waals surface area contributed by atoms with Crippen molar-refractivity contribution < 1.29 is 19.8 Å². The molecule has 0 saturated heterocycles. The number of carbonyl (C=O) groups is 2. The van der Waals surface area contributed by atoms with Gasteiger partial charge in [-0.25, -0.2) is 0 Å². The summed E-state index contributed by atoms with van der Waals surface area (Å²) in [7, 11) is 0. The number of carbonyl (C=O) groups excluding carboxylic acids is 2. The number of rotatable bonds is 7. The van der Waals surface area contributed by atoms with E-state index in [9.17, 15) is 9.59 Å². The fourth-order valence-corrected chi connectivity index (χ4v) is 1.18. The Kier molecular flexibility index (Phi) is 7.15. The Morgan fingerprint density at radius 1 is 1.38 bits per heavy atom. The van der Waals surface area contributed by atoms with E-state index in [0.717, 1.165) is 6.08 Å². The van der Waals surface area contributed by atoms with Gasteiger partial charge in [0.05, 0.1) is 13.2 Å². The zero-order chi connectivity index (χ0) is 12.6. The van der Waals surface area contributed by atoms with E-state index in [4.69, 9.17) is 10.2 Å². The first kappa shape index (κ1) is 14.6. The highest BCUT2D eigenvalue weighted by Gasteiger charge is 2.20. The first-order chi connectivity index (χ1) is 7.56. The summed E-state index contributed by atoms with van der Waals surface area (Å²) in [5.41, 5.74) is 0. The van der Waals surface area contributed by atoms with Crippen molar-refractivity contribution in [1.82, 2.24) is 10.2 Å². The smallest absolute Gasteiger partial charge is 0.245 e. The van der Waals surface area contributed by atoms with Crippen molar-refractivity contribution in [2.24, 2.45) is 0 Å². The fraction of sp³-hybridized carbons (Fsp3) is 0.600. The standard InChI is InChI=1S/C10H18N2O4/c1-3-9(15)11-8(2)10(16)12(4-6-13)5-7-14/h3,8,13-14H,1,4-7H2,2H3,(H,11,15)/t8-/m1/s1. The lowest BCUT2D eigenvalue weighted by Gasteiger charge is -2.24. The lowest BCUT2D eigenvalue weighted by atomic mass is 10.2. The normalized spacial score (nSPS) is 11.7. The molecule has 0 aliphatic carbocycles. The van der Waals surface area contributed by atoms with Gasteiger partial charge < -0.3 is 20.4 Å². The lowest BCUT2D eigenvalue weighted by Crippen LogP contribution is -2.48. The first-order valence-electron chi connectivity index (χ1n) is 5.00. The van der Waals surface area contributed by atoms with Gasteiger partial charge in [0.2, 0.25) is 11.8 Å². The Hall–Kier alpha value is -1.40. The van der Waals surface area contributed by atoms with Crippen molar-refractivity contribution in [2.75, 3.05) is 26.3 Å². The number of nitrogens with one attached hydrogen (secondary N) is 1. The molecule has 0 rings (SSSR count). The third-order valence-corrected chi connectivity index (χ3v) is 1.97. The van der Waals surface area contributed by atoms with Crippen LogP contribution in [0.25, 0.3) is 0 Å². The zero-order valence-corrected chi connectivity index (χ0v) is 9.35. The molecule has 0 aromatic heterocycles. The van der Waals surface area contributed by atoms with Gasteiger partial charge in [-0.2, -0.15) is 0 Å². The maximum absolute atomic E-state index is 11.7. The van der Waals surface area contributed by atoms with Crippen molar-refractivity contribution in [3.63, 3.8) is 0 Å². The van der Waals surface area contributed by atoms with E-state index in [0.29, 0.717) is 0 Å². The molecule has 0 radical (unpaired) electrons. The van der Waals surface area contributed by atoms with Crippen LogP contribution in [0.5, 0.6) is 0 Å². The Bertz CT molecular complexity index is 249. The maximum Gasteiger partial charge on any atom is 0.245 e. The van der Waals surface area contributed by atoms with Gasteiger partial charge in [0.15, 0.2) is 0 Å². The molecule has 92 valence electrons. The van der Waals surface area contributed by atoms with Gasteiger partial charge in [0, 0.05) is 13.1 Å². The Labute approximate surface area is 94.6 Å². The van der Waals surface area contributed by atoms with Crippen LogP contribution >= 0.6 is 0 Å². The predicted octanol–water partition coefficient (Wildman–Crippen LogP) is -1.51. The number of aliphatic hydroxyl groups is 2. The molecule has 6 nitrogen and oxygen atoms in total. The summed E-state index contributed by atoms with van der Waals surface area (Å²) >= 11 is 0. The second-order valence-corrected chi connectivity index (χ2v) is 3.21. The average Bonchev–Trinajstić information content (AvgIpc) is 2.27. The predicted molar refractivity (Wildman–Crippen MR) is 58.6 cm³/mol. The van der Waals surface area contributed by atoms with Crippen molar-refractivity contribution in [2.45, 2.75) is 13.0 Å². The van der Waals surface area contributed by atoms with Crippen LogP contribution in [0.15, 0.2) is 12.7 Å². The SMILES string of the molecule is C=CC(=O)N[C@H](C)C(=O)N(CCO)CCO. The first-order valence-corrected chi connectivity index (χ1v) is 5.00. The van der Waals surface area contributed by atoms with Gasteiger partial charge in [0.25, 0.3) is 0 Å². The molecule has 3 N–H and O–H groups in total. The summed E-state index contributed by atoms with van der Waals surface area (Å²) in [6, 6.07) is -0.705. The maximum atomic E-state index is 11.7. The molecule has 16 heavy (non-hydrogen) atoms. The third kappa shape index (κ3) is 4.90. The minimum Gasteiger partial charge on any atom is -0.395 e. The molecule has 0 aliphatic rings. The van der Waals surface area contributed by atoms with Crippen LogP contribution in [0.3, 0.4) is 0 Å². The number of nitrogens with zero attached hydrogens (tertiary/aromatic N) is 1. The topological polar surface area (TPSA) is 89.9 Å². The summed E-state index contributed by atoms with van der Waals surface area (Å²) in [6.07, 6.45) is 1.08. The molecule has 0 aromatic carbocycles. The molecule has 0 fully saturated rings. The molecule has 0 unspecified atom stereocenters. The summed E-state index contributed by atoms with van der Waals surface area (Å²) < 4.78 is 0. The molecule has 0 aliphatic heterocycles. The minimum atomic E-state index is -0.705. The number of hydrogen-bond acceptors (Lipinski definition) is 4. The third-order valence-electron chi connectivity index (χ3n) is 1.97. The quantitative estimate of drug-likeness (QED) is 0.464. The van der Waals surface area contributed by atoms with Crippen molar-refractivity contribution in [3.05, 3.63) is 12.7 Å². The van der Waals surface area contributed by atoms with Gasteiger partial charge in [0.1, 0.15) is 6.04 Å². The molecule has 0 heterocycles. The highest BCUT2D eigenvalue weighted by molar-refractivity contribution is 5.92. The van der Waals surface area contributed by atoms with Gasteiger partial charge in [-0.15, -0.1) is 0 Å². The van der Waals surface area contributed by atoms with Gasteiger partial charge in [-0.3, -0.25) is 9.59 Å². The van der Waals surface area contributed by atoms with Gasteiger partial charge >= 0.3 is 0 Å².